The van der Waals surface area contributed by atoms with E-state index in [4.69, 9.17) is 0 Å². The number of rotatable bonds is 5. The molecule has 4 nitrogen and oxygen atoms in total. The summed E-state index contributed by atoms with van der Waals surface area (Å²) in [6, 6.07) is 17.2. The molecule has 32 heavy (non-hydrogen) atoms. The lowest BCUT2D eigenvalue weighted by Gasteiger charge is -2.24. The van der Waals surface area contributed by atoms with E-state index < -0.39 is 11.5 Å². The average Bonchev–Trinajstić information content (AvgIpc) is 2.96. The lowest BCUT2D eigenvalue weighted by Crippen LogP contribution is -2.41. The molecular weight excluding hydrogens is 398 g/mol. The van der Waals surface area contributed by atoms with Gasteiger partial charge in [-0.3, -0.25) is 9.59 Å². The molecule has 4 heteroatoms. The third kappa shape index (κ3) is 3.45. The number of ketones is 1. The second-order valence-corrected chi connectivity index (χ2v) is 8.93. The second-order valence-electron chi connectivity index (χ2n) is 8.93. The fourth-order valence-electron chi connectivity index (χ4n) is 4.75. The van der Waals surface area contributed by atoms with Gasteiger partial charge in [-0.15, -0.1) is 0 Å². The van der Waals surface area contributed by atoms with Crippen molar-refractivity contribution < 1.29 is 14.7 Å². The van der Waals surface area contributed by atoms with E-state index in [9.17, 15) is 14.7 Å². The maximum Gasteiger partial charge on any atom is 0.264 e. The van der Waals surface area contributed by atoms with Crippen LogP contribution in [0.15, 0.2) is 54.6 Å². The summed E-state index contributed by atoms with van der Waals surface area (Å²) in [6.07, 6.45) is -0.280. The minimum Gasteiger partial charge on any atom is -0.375 e. The molecule has 164 valence electrons. The number of para-hydroxylation sites is 1. The van der Waals surface area contributed by atoms with Gasteiger partial charge in [0.25, 0.3) is 5.91 Å². The van der Waals surface area contributed by atoms with E-state index in [1.54, 1.807) is 17.0 Å². The summed E-state index contributed by atoms with van der Waals surface area (Å²) in [6.45, 7) is 10.2. The van der Waals surface area contributed by atoms with E-state index in [1.165, 1.54) is 0 Å². The summed E-state index contributed by atoms with van der Waals surface area (Å²) in [5.74, 6) is -0.662. The third-order valence-corrected chi connectivity index (χ3v) is 6.89. The predicted octanol–water partition coefficient (Wildman–Crippen LogP) is 5.24. The first-order chi connectivity index (χ1) is 15.1. The van der Waals surface area contributed by atoms with Gasteiger partial charge in [0.15, 0.2) is 11.4 Å². The SMILES string of the molecule is Cc1ccccc1CN1C(=O)[C@@](O)(CC(=O)c2c(C)c(C)cc(C)c2C)c2ccccc21. The van der Waals surface area contributed by atoms with Gasteiger partial charge in [-0.1, -0.05) is 48.5 Å². The van der Waals surface area contributed by atoms with E-state index in [0.717, 1.165) is 33.4 Å². The number of aliphatic hydroxyl groups is 1. The Bertz CT molecular complexity index is 1220. The number of carbonyl (C=O) groups excluding carboxylic acids is 2. The van der Waals surface area contributed by atoms with Gasteiger partial charge >= 0.3 is 0 Å². The first kappa shape index (κ1) is 22.0. The van der Waals surface area contributed by atoms with Crippen molar-refractivity contribution in [1.82, 2.24) is 0 Å². The predicted molar refractivity (Wildman–Crippen MR) is 127 cm³/mol. The Labute approximate surface area is 189 Å². The lowest BCUT2D eigenvalue weighted by atomic mass is 9.84. The first-order valence-corrected chi connectivity index (χ1v) is 10.9. The molecule has 0 spiro atoms. The number of Topliss-reactive ketones (excluding diaryl/α,β-unsaturated/α-hetero) is 1. The van der Waals surface area contributed by atoms with Crippen molar-refractivity contribution in [2.75, 3.05) is 4.90 Å². The van der Waals surface area contributed by atoms with Crippen LogP contribution >= 0.6 is 0 Å². The molecule has 0 saturated heterocycles. The molecule has 0 unspecified atom stereocenters. The van der Waals surface area contributed by atoms with Gasteiger partial charge in [0.1, 0.15) is 0 Å². The first-order valence-electron chi connectivity index (χ1n) is 10.9. The van der Waals surface area contributed by atoms with Crippen LogP contribution in [0.3, 0.4) is 0 Å². The van der Waals surface area contributed by atoms with Crippen LogP contribution in [0, 0.1) is 34.6 Å². The van der Waals surface area contributed by atoms with Gasteiger partial charge in [0.05, 0.1) is 18.7 Å². The van der Waals surface area contributed by atoms with Crippen molar-refractivity contribution in [2.24, 2.45) is 0 Å². The Morgan fingerprint density at radius 3 is 2.12 bits per heavy atom. The maximum absolute atomic E-state index is 13.6. The smallest absolute Gasteiger partial charge is 0.264 e. The monoisotopic (exact) mass is 427 g/mol. The molecular formula is C28H29NO3. The minimum atomic E-state index is -1.88. The fourth-order valence-corrected chi connectivity index (χ4v) is 4.75. The third-order valence-electron chi connectivity index (χ3n) is 6.89. The molecule has 1 heterocycles. The summed E-state index contributed by atoms with van der Waals surface area (Å²) in [7, 11) is 0. The van der Waals surface area contributed by atoms with E-state index in [1.807, 2.05) is 71.0 Å². The molecule has 0 saturated carbocycles. The van der Waals surface area contributed by atoms with Gasteiger partial charge in [-0.25, -0.2) is 0 Å². The molecule has 1 atom stereocenters. The highest BCUT2D eigenvalue weighted by Gasteiger charge is 2.51. The zero-order valence-corrected chi connectivity index (χ0v) is 19.3. The van der Waals surface area contributed by atoms with Crippen LogP contribution in [0.1, 0.15) is 55.7 Å². The molecule has 1 amide bonds. The molecule has 0 aliphatic carbocycles. The minimum absolute atomic E-state index is 0.213. The van der Waals surface area contributed by atoms with E-state index in [0.29, 0.717) is 23.4 Å². The normalized spacial score (nSPS) is 17.6. The summed E-state index contributed by atoms with van der Waals surface area (Å²) in [4.78, 5) is 28.7. The van der Waals surface area contributed by atoms with Crippen molar-refractivity contribution in [3.63, 3.8) is 0 Å². The Kier molecular flexibility index (Phi) is 5.51. The van der Waals surface area contributed by atoms with Gasteiger partial charge in [0.2, 0.25) is 0 Å². The summed E-state index contributed by atoms with van der Waals surface area (Å²) >= 11 is 0. The van der Waals surface area contributed by atoms with Crippen LogP contribution in [0.5, 0.6) is 0 Å². The number of amides is 1. The number of aryl methyl sites for hydroxylation is 3. The zero-order chi connectivity index (χ0) is 23.2. The molecule has 1 N–H and O–H groups in total. The Morgan fingerprint density at radius 2 is 1.47 bits per heavy atom. The number of benzene rings is 3. The Morgan fingerprint density at radius 1 is 0.875 bits per heavy atom. The Balaban J connectivity index is 1.74. The summed E-state index contributed by atoms with van der Waals surface area (Å²) in [5, 5.41) is 11.7. The number of carbonyl (C=O) groups is 2. The van der Waals surface area contributed by atoms with Crippen molar-refractivity contribution >= 4 is 17.4 Å². The van der Waals surface area contributed by atoms with E-state index in [2.05, 4.69) is 6.07 Å². The van der Waals surface area contributed by atoms with Crippen LogP contribution in [0.2, 0.25) is 0 Å². The molecule has 4 rings (SSSR count). The number of hydrogen-bond donors (Lipinski definition) is 1. The molecule has 0 bridgehead atoms. The molecule has 3 aromatic carbocycles. The van der Waals surface area contributed by atoms with Crippen LogP contribution in [0.4, 0.5) is 5.69 Å². The number of nitrogens with zero attached hydrogens (tertiary/aromatic N) is 1. The highest BCUT2D eigenvalue weighted by Crippen LogP contribution is 2.44. The van der Waals surface area contributed by atoms with E-state index >= 15 is 0 Å². The standard InChI is InChI=1S/C28H29NO3/c1-17-10-6-7-11-22(17)16-29-24-13-9-8-12-23(24)28(32,27(29)31)15-25(30)26-20(4)18(2)14-19(3)21(26)5/h6-14,32H,15-16H2,1-5H3/t28-/m1/s1. The molecule has 0 aromatic heterocycles. The highest BCUT2D eigenvalue weighted by molar-refractivity contribution is 6.11. The second kappa shape index (κ2) is 8.03. The Hall–Kier alpha value is -3.24. The topological polar surface area (TPSA) is 57.6 Å². The zero-order valence-electron chi connectivity index (χ0n) is 19.3. The molecule has 3 aromatic rings. The van der Waals surface area contributed by atoms with Crippen molar-refractivity contribution in [2.45, 2.75) is 53.2 Å². The van der Waals surface area contributed by atoms with Crippen molar-refractivity contribution in [3.05, 3.63) is 99.1 Å². The van der Waals surface area contributed by atoms with Crippen molar-refractivity contribution in [3.8, 4) is 0 Å². The summed E-state index contributed by atoms with van der Waals surface area (Å²) in [5.41, 5.74) is 5.82. The van der Waals surface area contributed by atoms with Gasteiger partial charge in [-0.05, 0) is 74.1 Å². The average molecular weight is 428 g/mol. The van der Waals surface area contributed by atoms with Gasteiger partial charge < -0.3 is 10.0 Å². The van der Waals surface area contributed by atoms with Crippen LogP contribution in [-0.4, -0.2) is 16.8 Å². The fraction of sp³-hybridized carbons (Fsp3) is 0.286. The quantitative estimate of drug-likeness (QED) is 0.567. The lowest BCUT2D eigenvalue weighted by molar-refractivity contribution is -0.136. The van der Waals surface area contributed by atoms with Crippen LogP contribution < -0.4 is 4.90 Å². The van der Waals surface area contributed by atoms with Crippen molar-refractivity contribution in [1.29, 1.82) is 0 Å². The van der Waals surface area contributed by atoms with Gasteiger partial charge in [0, 0.05) is 11.1 Å². The molecule has 1 aliphatic rings. The molecule has 0 fully saturated rings. The number of anilines is 1. The highest BCUT2D eigenvalue weighted by atomic mass is 16.3. The van der Waals surface area contributed by atoms with E-state index in [-0.39, 0.29) is 12.2 Å². The summed E-state index contributed by atoms with van der Waals surface area (Å²) < 4.78 is 0. The number of hydrogen-bond acceptors (Lipinski definition) is 3. The molecule has 1 aliphatic heterocycles. The van der Waals surface area contributed by atoms with Crippen LogP contribution in [0.25, 0.3) is 0 Å². The van der Waals surface area contributed by atoms with Crippen LogP contribution in [-0.2, 0) is 16.9 Å². The number of fused-ring (bicyclic) bond motifs is 1. The largest absolute Gasteiger partial charge is 0.375 e. The molecule has 0 radical (unpaired) electrons. The van der Waals surface area contributed by atoms with Gasteiger partial charge in [-0.2, -0.15) is 0 Å². The maximum atomic E-state index is 13.6.